The van der Waals surface area contributed by atoms with Crippen LogP contribution in [0.15, 0.2) is 66.7 Å². The van der Waals surface area contributed by atoms with Crippen LogP contribution in [0.3, 0.4) is 0 Å². The van der Waals surface area contributed by atoms with E-state index in [0.717, 1.165) is 23.1 Å². The lowest BCUT2D eigenvalue weighted by Crippen LogP contribution is -1.99. The Balaban J connectivity index is 1.62. The van der Waals surface area contributed by atoms with Gasteiger partial charge in [0.1, 0.15) is 0 Å². The second-order valence-corrected chi connectivity index (χ2v) is 6.76. The highest BCUT2D eigenvalue weighted by atomic mass is 16.5. The van der Waals surface area contributed by atoms with E-state index in [-0.39, 0.29) is 6.61 Å². The number of rotatable bonds is 7. The number of hydrogen-bond donors (Lipinski definition) is 1. The maximum absolute atomic E-state index is 9.70. The van der Waals surface area contributed by atoms with E-state index in [2.05, 4.69) is 62.4 Å². The summed E-state index contributed by atoms with van der Waals surface area (Å²) in [6.45, 7) is 5.59. The Kier molecular flexibility index (Phi) is 6.21. The molecule has 2 nitrogen and oxygen atoms in total. The van der Waals surface area contributed by atoms with E-state index >= 15 is 0 Å². The summed E-state index contributed by atoms with van der Waals surface area (Å²) in [7, 11) is 0. The van der Waals surface area contributed by atoms with Gasteiger partial charge >= 0.3 is 0 Å². The molecular formula is C24H26O2. The van der Waals surface area contributed by atoms with Crippen LogP contribution in [0.5, 0.6) is 0 Å². The van der Waals surface area contributed by atoms with E-state index in [4.69, 9.17) is 4.74 Å². The normalized spacial score (nSPS) is 10.9. The lowest BCUT2D eigenvalue weighted by Gasteiger charge is -2.13. The number of aliphatic hydroxyl groups is 1. The molecule has 0 heterocycles. The first-order valence-electron chi connectivity index (χ1n) is 9.09. The molecule has 2 heteroatoms. The number of hydrogen-bond acceptors (Lipinski definition) is 2. The van der Waals surface area contributed by atoms with E-state index in [1.165, 1.54) is 22.3 Å². The minimum Gasteiger partial charge on any atom is -0.392 e. The van der Waals surface area contributed by atoms with Crippen molar-refractivity contribution in [3.63, 3.8) is 0 Å². The van der Waals surface area contributed by atoms with Gasteiger partial charge < -0.3 is 9.84 Å². The molecular weight excluding hydrogens is 320 g/mol. The molecule has 0 amide bonds. The summed E-state index contributed by atoms with van der Waals surface area (Å²) < 4.78 is 5.77. The summed E-state index contributed by atoms with van der Waals surface area (Å²) in [5.41, 5.74) is 8.13. The molecule has 1 N–H and O–H groups in total. The van der Waals surface area contributed by atoms with E-state index in [1.807, 2.05) is 18.2 Å². The van der Waals surface area contributed by atoms with Gasteiger partial charge in [-0.2, -0.15) is 0 Å². The summed E-state index contributed by atoms with van der Waals surface area (Å²) in [5, 5.41) is 9.70. The summed E-state index contributed by atoms with van der Waals surface area (Å²) >= 11 is 0. The number of ether oxygens (including phenoxy) is 1. The first-order chi connectivity index (χ1) is 12.7. The number of aliphatic hydroxyl groups excluding tert-OH is 1. The molecule has 134 valence electrons. The van der Waals surface area contributed by atoms with Crippen LogP contribution in [0.4, 0.5) is 0 Å². The van der Waals surface area contributed by atoms with Crippen molar-refractivity contribution < 1.29 is 9.84 Å². The van der Waals surface area contributed by atoms with E-state index in [1.54, 1.807) is 0 Å². The Labute approximate surface area is 156 Å². The molecule has 0 fully saturated rings. The fraction of sp³-hybridized carbons (Fsp3) is 0.250. The van der Waals surface area contributed by atoms with Crippen LogP contribution in [0.1, 0.15) is 27.8 Å². The van der Waals surface area contributed by atoms with Crippen LogP contribution in [-0.2, 0) is 24.4 Å². The fourth-order valence-corrected chi connectivity index (χ4v) is 3.39. The van der Waals surface area contributed by atoms with Gasteiger partial charge in [-0.1, -0.05) is 72.3 Å². The van der Waals surface area contributed by atoms with Gasteiger partial charge in [-0.05, 0) is 53.6 Å². The molecule has 0 aliphatic rings. The zero-order valence-corrected chi connectivity index (χ0v) is 15.5. The lowest BCUT2D eigenvalue weighted by molar-refractivity contribution is 0.124. The molecule has 0 saturated heterocycles. The fourth-order valence-electron chi connectivity index (χ4n) is 3.39. The van der Waals surface area contributed by atoms with Crippen molar-refractivity contribution >= 4 is 0 Å². The van der Waals surface area contributed by atoms with Crippen LogP contribution in [0, 0.1) is 13.8 Å². The third kappa shape index (κ3) is 4.60. The Bertz CT molecular complexity index is 836. The molecule has 0 aliphatic carbocycles. The third-order valence-corrected chi connectivity index (χ3v) is 4.62. The highest BCUT2D eigenvalue weighted by Crippen LogP contribution is 2.29. The van der Waals surface area contributed by atoms with E-state index < -0.39 is 0 Å². The SMILES string of the molecule is Cc1cc(C)c(-c2ccc(CCOCc3ccccc3)cc2)c(CO)c1. The van der Waals surface area contributed by atoms with Crippen molar-refractivity contribution in [1.82, 2.24) is 0 Å². The molecule has 0 aromatic heterocycles. The van der Waals surface area contributed by atoms with Gasteiger partial charge in [-0.15, -0.1) is 0 Å². The summed E-state index contributed by atoms with van der Waals surface area (Å²) in [4.78, 5) is 0. The molecule has 0 bridgehead atoms. The van der Waals surface area contributed by atoms with Gasteiger partial charge in [0.05, 0.1) is 19.8 Å². The van der Waals surface area contributed by atoms with Crippen molar-refractivity contribution in [2.45, 2.75) is 33.5 Å². The molecule has 0 radical (unpaired) electrons. The zero-order chi connectivity index (χ0) is 18.4. The molecule has 0 unspecified atom stereocenters. The molecule has 0 saturated carbocycles. The first kappa shape index (κ1) is 18.4. The van der Waals surface area contributed by atoms with Gasteiger partial charge in [0.25, 0.3) is 0 Å². The highest BCUT2D eigenvalue weighted by molar-refractivity contribution is 5.71. The van der Waals surface area contributed by atoms with Gasteiger partial charge in [0.15, 0.2) is 0 Å². The molecule has 3 aromatic carbocycles. The average molecular weight is 346 g/mol. The average Bonchev–Trinajstić information content (AvgIpc) is 2.66. The predicted octanol–water partition coefficient (Wildman–Crippen LogP) is 5.22. The summed E-state index contributed by atoms with van der Waals surface area (Å²) in [5.74, 6) is 0. The van der Waals surface area contributed by atoms with Crippen molar-refractivity contribution in [3.05, 3.63) is 94.5 Å². The molecule has 0 aliphatic heterocycles. The predicted molar refractivity (Wildman–Crippen MR) is 107 cm³/mol. The van der Waals surface area contributed by atoms with Crippen LogP contribution in [0.2, 0.25) is 0 Å². The highest BCUT2D eigenvalue weighted by Gasteiger charge is 2.09. The van der Waals surface area contributed by atoms with Crippen molar-refractivity contribution in [3.8, 4) is 11.1 Å². The van der Waals surface area contributed by atoms with Crippen LogP contribution in [-0.4, -0.2) is 11.7 Å². The van der Waals surface area contributed by atoms with Gasteiger partial charge in [0, 0.05) is 0 Å². The molecule has 0 atom stereocenters. The molecule has 0 spiro atoms. The number of aryl methyl sites for hydroxylation is 2. The van der Waals surface area contributed by atoms with Crippen LogP contribution in [0.25, 0.3) is 11.1 Å². The molecule has 3 rings (SSSR count). The van der Waals surface area contributed by atoms with Crippen molar-refractivity contribution in [2.75, 3.05) is 6.61 Å². The largest absolute Gasteiger partial charge is 0.392 e. The van der Waals surface area contributed by atoms with Crippen LogP contribution >= 0.6 is 0 Å². The first-order valence-corrected chi connectivity index (χ1v) is 9.09. The Morgan fingerprint density at radius 2 is 1.58 bits per heavy atom. The maximum Gasteiger partial charge on any atom is 0.0717 e. The molecule has 3 aromatic rings. The van der Waals surface area contributed by atoms with Gasteiger partial charge in [0.2, 0.25) is 0 Å². The van der Waals surface area contributed by atoms with Crippen LogP contribution < -0.4 is 0 Å². The smallest absolute Gasteiger partial charge is 0.0717 e. The Hall–Kier alpha value is -2.42. The minimum atomic E-state index is 0.0624. The Morgan fingerprint density at radius 1 is 0.846 bits per heavy atom. The summed E-state index contributed by atoms with van der Waals surface area (Å²) in [6, 6.07) is 23.1. The zero-order valence-electron chi connectivity index (χ0n) is 15.5. The maximum atomic E-state index is 9.70. The monoisotopic (exact) mass is 346 g/mol. The Morgan fingerprint density at radius 3 is 2.27 bits per heavy atom. The quantitative estimate of drug-likeness (QED) is 0.594. The van der Waals surface area contributed by atoms with Crippen molar-refractivity contribution in [1.29, 1.82) is 0 Å². The second kappa shape index (κ2) is 8.79. The second-order valence-electron chi connectivity index (χ2n) is 6.76. The molecule has 26 heavy (non-hydrogen) atoms. The minimum absolute atomic E-state index is 0.0624. The number of benzene rings is 3. The van der Waals surface area contributed by atoms with E-state index in [9.17, 15) is 5.11 Å². The topological polar surface area (TPSA) is 29.5 Å². The van der Waals surface area contributed by atoms with E-state index in [0.29, 0.717) is 13.2 Å². The standard InChI is InChI=1S/C24H26O2/c1-18-14-19(2)24(23(15-18)16-25)22-10-8-20(9-11-22)12-13-26-17-21-6-4-3-5-7-21/h3-11,14-15,25H,12-13,16-17H2,1-2H3. The summed E-state index contributed by atoms with van der Waals surface area (Å²) in [6.07, 6.45) is 0.896. The van der Waals surface area contributed by atoms with Crippen molar-refractivity contribution in [2.24, 2.45) is 0 Å². The van der Waals surface area contributed by atoms with Gasteiger partial charge in [-0.25, -0.2) is 0 Å². The van der Waals surface area contributed by atoms with Gasteiger partial charge in [-0.3, -0.25) is 0 Å². The lowest BCUT2D eigenvalue weighted by atomic mass is 9.92. The third-order valence-electron chi connectivity index (χ3n) is 4.62.